The van der Waals surface area contributed by atoms with Gasteiger partial charge in [0.1, 0.15) is 0 Å². The lowest BCUT2D eigenvalue weighted by Gasteiger charge is -2.27. The first-order valence-electron chi connectivity index (χ1n) is 7.08. The highest BCUT2D eigenvalue weighted by Crippen LogP contribution is 2.20. The van der Waals surface area contributed by atoms with Crippen LogP contribution in [0.4, 0.5) is 0 Å². The predicted molar refractivity (Wildman–Crippen MR) is 71.2 cm³/mol. The maximum absolute atomic E-state index is 9.85. The van der Waals surface area contributed by atoms with Gasteiger partial charge in [0.2, 0.25) is 0 Å². The number of ether oxygens (including phenoxy) is 1. The Balaban J connectivity index is 2.09. The van der Waals surface area contributed by atoms with E-state index in [1.807, 2.05) is 0 Å². The number of aliphatic hydroxyl groups excluding tert-OH is 1. The van der Waals surface area contributed by atoms with Crippen molar-refractivity contribution in [3.05, 3.63) is 0 Å². The zero-order chi connectivity index (χ0) is 12.7. The van der Waals surface area contributed by atoms with Gasteiger partial charge in [0.05, 0.1) is 18.8 Å². The lowest BCUT2D eigenvalue weighted by molar-refractivity contribution is -0.00758. The molecule has 0 aromatic heterocycles. The van der Waals surface area contributed by atoms with Gasteiger partial charge in [0.25, 0.3) is 0 Å². The first-order valence-corrected chi connectivity index (χ1v) is 7.08. The van der Waals surface area contributed by atoms with Crippen LogP contribution in [0.1, 0.15) is 59.3 Å². The number of β-amino-alcohol motifs (C(OH)–C–C–N with tert-alkyl or cyclic N) is 1. The smallest absolute Gasteiger partial charge is 0.0898 e. The lowest BCUT2D eigenvalue weighted by Crippen LogP contribution is -2.44. The average molecular weight is 243 g/mol. The molecule has 17 heavy (non-hydrogen) atoms. The van der Waals surface area contributed by atoms with Crippen LogP contribution in [-0.2, 0) is 4.74 Å². The average Bonchev–Trinajstić information content (AvgIpc) is 2.76. The Bertz CT molecular complexity index is 200. The molecule has 1 unspecified atom stereocenters. The van der Waals surface area contributed by atoms with Gasteiger partial charge < -0.3 is 15.2 Å². The SMILES string of the molecule is CCCC(C)(C)NCC(O)COC1CCCC1. The van der Waals surface area contributed by atoms with Gasteiger partial charge in [-0.3, -0.25) is 0 Å². The Labute approximate surface area is 106 Å². The Morgan fingerprint density at radius 3 is 2.59 bits per heavy atom. The molecule has 0 amide bonds. The normalized spacial score (nSPS) is 19.8. The Hall–Kier alpha value is -0.120. The van der Waals surface area contributed by atoms with E-state index in [4.69, 9.17) is 4.74 Å². The van der Waals surface area contributed by atoms with Crippen LogP contribution in [0.5, 0.6) is 0 Å². The summed E-state index contributed by atoms with van der Waals surface area (Å²) in [4.78, 5) is 0. The van der Waals surface area contributed by atoms with Crippen LogP contribution in [-0.4, -0.2) is 36.0 Å². The van der Waals surface area contributed by atoms with Gasteiger partial charge in [0, 0.05) is 12.1 Å². The highest BCUT2D eigenvalue weighted by Gasteiger charge is 2.19. The number of nitrogens with one attached hydrogen (secondary N) is 1. The van der Waals surface area contributed by atoms with Crippen LogP contribution >= 0.6 is 0 Å². The molecule has 1 atom stereocenters. The molecule has 1 fully saturated rings. The van der Waals surface area contributed by atoms with Crippen molar-refractivity contribution in [1.82, 2.24) is 5.32 Å². The summed E-state index contributed by atoms with van der Waals surface area (Å²) >= 11 is 0. The van der Waals surface area contributed by atoms with E-state index >= 15 is 0 Å². The van der Waals surface area contributed by atoms with Crippen LogP contribution in [0.2, 0.25) is 0 Å². The maximum atomic E-state index is 9.85. The largest absolute Gasteiger partial charge is 0.389 e. The van der Waals surface area contributed by atoms with Gasteiger partial charge >= 0.3 is 0 Å². The van der Waals surface area contributed by atoms with Crippen molar-refractivity contribution in [2.24, 2.45) is 0 Å². The van der Waals surface area contributed by atoms with E-state index in [0.29, 0.717) is 19.3 Å². The molecule has 0 aromatic rings. The minimum absolute atomic E-state index is 0.114. The van der Waals surface area contributed by atoms with Crippen molar-refractivity contribution in [2.75, 3.05) is 13.2 Å². The molecule has 1 rings (SSSR count). The molecule has 0 saturated heterocycles. The van der Waals surface area contributed by atoms with E-state index in [2.05, 4.69) is 26.1 Å². The second-order valence-electron chi connectivity index (χ2n) is 5.91. The molecule has 0 spiro atoms. The van der Waals surface area contributed by atoms with Crippen LogP contribution in [0.25, 0.3) is 0 Å². The third-order valence-corrected chi connectivity index (χ3v) is 3.52. The van der Waals surface area contributed by atoms with E-state index in [9.17, 15) is 5.11 Å². The quantitative estimate of drug-likeness (QED) is 0.688. The summed E-state index contributed by atoms with van der Waals surface area (Å²) < 4.78 is 5.70. The van der Waals surface area contributed by atoms with E-state index in [-0.39, 0.29) is 11.6 Å². The third kappa shape index (κ3) is 6.39. The minimum atomic E-state index is -0.383. The number of aliphatic hydroxyl groups is 1. The van der Waals surface area contributed by atoms with Crippen molar-refractivity contribution >= 4 is 0 Å². The Morgan fingerprint density at radius 1 is 1.35 bits per heavy atom. The van der Waals surface area contributed by atoms with Crippen molar-refractivity contribution in [1.29, 1.82) is 0 Å². The van der Waals surface area contributed by atoms with Gasteiger partial charge in [-0.05, 0) is 33.1 Å². The van der Waals surface area contributed by atoms with Crippen LogP contribution < -0.4 is 5.32 Å². The molecule has 0 bridgehead atoms. The summed E-state index contributed by atoms with van der Waals surface area (Å²) in [6.45, 7) is 7.64. The van der Waals surface area contributed by atoms with Crippen molar-refractivity contribution in [3.8, 4) is 0 Å². The fourth-order valence-electron chi connectivity index (χ4n) is 2.47. The van der Waals surface area contributed by atoms with Gasteiger partial charge in [-0.1, -0.05) is 26.2 Å². The van der Waals surface area contributed by atoms with Gasteiger partial charge in [0.15, 0.2) is 0 Å². The maximum Gasteiger partial charge on any atom is 0.0898 e. The molecule has 3 nitrogen and oxygen atoms in total. The summed E-state index contributed by atoms with van der Waals surface area (Å²) in [5, 5.41) is 13.3. The zero-order valence-corrected chi connectivity index (χ0v) is 11.7. The van der Waals surface area contributed by atoms with Crippen LogP contribution in [0.15, 0.2) is 0 Å². The summed E-state index contributed by atoms with van der Waals surface area (Å²) in [5.74, 6) is 0. The van der Waals surface area contributed by atoms with E-state index in [0.717, 1.165) is 12.8 Å². The molecule has 1 aliphatic carbocycles. The van der Waals surface area contributed by atoms with Gasteiger partial charge in [-0.2, -0.15) is 0 Å². The molecule has 0 heterocycles. The molecule has 1 aliphatic rings. The van der Waals surface area contributed by atoms with Gasteiger partial charge in [-0.25, -0.2) is 0 Å². The fraction of sp³-hybridized carbons (Fsp3) is 1.00. The number of rotatable bonds is 8. The predicted octanol–water partition coefficient (Wildman–Crippen LogP) is 2.47. The van der Waals surface area contributed by atoms with E-state index in [1.54, 1.807) is 0 Å². The van der Waals surface area contributed by atoms with Crippen molar-refractivity contribution < 1.29 is 9.84 Å². The van der Waals surface area contributed by atoms with Crippen LogP contribution in [0, 0.1) is 0 Å². The molecule has 0 aliphatic heterocycles. The monoisotopic (exact) mass is 243 g/mol. The molecule has 1 saturated carbocycles. The minimum Gasteiger partial charge on any atom is -0.389 e. The number of hydrogen-bond donors (Lipinski definition) is 2. The van der Waals surface area contributed by atoms with Crippen molar-refractivity contribution in [2.45, 2.75) is 77.0 Å². The van der Waals surface area contributed by atoms with Crippen LogP contribution in [0.3, 0.4) is 0 Å². The summed E-state index contributed by atoms with van der Waals surface area (Å²) in [6, 6.07) is 0. The zero-order valence-electron chi connectivity index (χ0n) is 11.7. The molecular formula is C14H29NO2. The Kier molecular flexibility index (Phi) is 6.45. The first-order chi connectivity index (χ1) is 8.03. The van der Waals surface area contributed by atoms with E-state index in [1.165, 1.54) is 25.7 Å². The highest BCUT2D eigenvalue weighted by molar-refractivity contribution is 4.78. The molecule has 0 radical (unpaired) electrons. The topological polar surface area (TPSA) is 41.5 Å². The first kappa shape index (κ1) is 14.9. The highest BCUT2D eigenvalue weighted by atomic mass is 16.5. The second-order valence-corrected chi connectivity index (χ2v) is 5.91. The fourth-order valence-corrected chi connectivity index (χ4v) is 2.47. The lowest BCUT2D eigenvalue weighted by atomic mass is 9.99. The van der Waals surface area contributed by atoms with Gasteiger partial charge in [-0.15, -0.1) is 0 Å². The summed E-state index contributed by atoms with van der Waals surface area (Å²) in [5.41, 5.74) is 0.114. The molecule has 0 aromatic carbocycles. The molecule has 102 valence electrons. The second kappa shape index (κ2) is 7.34. The summed E-state index contributed by atoms with van der Waals surface area (Å²) in [7, 11) is 0. The molecule has 3 heteroatoms. The van der Waals surface area contributed by atoms with E-state index < -0.39 is 0 Å². The standard InChI is InChI=1S/C14H29NO2/c1-4-9-14(2,3)15-10-12(16)11-17-13-7-5-6-8-13/h12-13,15-16H,4-11H2,1-3H3. The Morgan fingerprint density at radius 2 is 2.00 bits per heavy atom. The number of hydrogen-bond acceptors (Lipinski definition) is 3. The van der Waals surface area contributed by atoms with Crippen molar-refractivity contribution in [3.63, 3.8) is 0 Å². The molecule has 2 N–H and O–H groups in total. The summed E-state index contributed by atoms with van der Waals surface area (Å²) in [6.07, 6.45) is 7.20. The molecular weight excluding hydrogens is 214 g/mol. The third-order valence-electron chi connectivity index (χ3n) is 3.52.